The minimum absolute atomic E-state index is 0.216. The second kappa shape index (κ2) is 8.02. The van der Waals surface area contributed by atoms with Crippen molar-refractivity contribution in [2.45, 2.75) is 13.5 Å². The van der Waals surface area contributed by atoms with Crippen molar-refractivity contribution in [3.8, 4) is 5.75 Å². The third-order valence-corrected chi connectivity index (χ3v) is 3.53. The average molecular weight is 333 g/mol. The molecule has 25 heavy (non-hydrogen) atoms. The summed E-state index contributed by atoms with van der Waals surface area (Å²) in [6.07, 6.45) is 3.08. The van der Waals surface area contributed by atoms with Crippen molar-refractivity contribution in [3.05, 3.63) is 89.9 Å². The first-order valence-corrected chi connectivity index (χ1v) is 8.01. The van der Waals surface area contributed by atoms with Crippen LogP contribution in [-0.2, 0) is 11.4 Å². The number of carbonyl (C=O) groups is 1. The Morgan fingerprint density at radius 3 is 2.48 bits per heavy atom. The lowest BCUT2D eigenvalue weighted by Crippen LogP contribution is -2.07. The lowest BCUT2D eigenvalue weighted by Gasteiger charge is -2.07. The van der Waals surface area contributed by atoms with E-state index in [1.54, 1.807) is 6.08 Å². The van der Waals surface area contributed by atoms with Crippen LogP contribution in [0.15, 0.2) is 77.2 Å². The van der Waals surface area contributed by atoms with Gasteiger partial charge in [-0.05, 0) is 55.0 Å². The molecule has 0 radical (unpaired) electrons. The van der Waals surface area contributed by atoms with E-state index >= 15 is 0 Å². The molecule has 4 heteroatoms. The summed E-state index contributed by atoms with van der Waals surface area (Å²) in [5.41, 5.74) is 1.82. The van der Waals surface area contributed by atoms with Gasteiger partial charge in [-0.3, -0.25) is 4.79 Å². The molecule has 1 heterocycles. The van der Waals surface area contributed by atoms with Crippen molar-refractivity contribution in [1.82, 2.24) is 0 Å². The van der Waals surface area contributed by atoms with Gasteiger partial charge in [0.2, 0.25) is 5.91 Å². The summed E-state index contributed by atoms with van der Waals surface area (Å²) in [6, 6.07) is 20.9. The van der Waals surface area contributed by atoms with E-state index in [0.29, 0.717) is 18.1 Å². The maximum atomic E-state index is 11.9. The molecular weight excluding hydrogens is 314 g/mol. The molecule has 0 fully saturated rings. The second-order valence-electron chi connectivity index (χ2n) is 5.57. The number of nitrogens with one attached hydrogen (secondary N) is 1. The number of anilines is 1. The summed E-state index contributed by atoms with van der Waals surface area (Å²) in [7, 11) is 0. The normalized spacial score (nSPS) is 10.8. The first kappa shape index (κ1) is 16.6. The predicted molar refractivity (Wildman–Crippen MR) is 98.3 cm³/mol. The van der Waals surface area contributed by atoms with E-state index in [0.717, 1.165) is 17.1 Å². The van der Waals surface area contributed by atoms with Crippen molar-refractivity contribution in [2.75, 3.05) is 5.32 Å². The Hall–Kier alpha value is -3.27. The van der Waals surface area contributed by atoms with E-state index in [2.05, 4.69) is 5.32 Å². The highest BCUT2D eigenvalue weighted by molar-refractivity contribution is 6.01. The van der Waals surface area contributed by atoms with Crippen LogP contribution in [0.2, 0.25) is 0 Å². The van der Waals surface area contributed by atoms with Crippen LogP contribution in [0.1, 0.15) is 17.1 Å². The van der Waals surface area contributed by atoms with Crippen molar-refractivity contribution < 1.29 is 13.9 Å². The number of aryl methyl sites for hydroxylation is 1. The van der Waals surface area contributed by atoms with Gasteiger partial charge in [-0.1, -0.05) is 30.3 Å². The van der Waals surface area contributed by atoms with Gasteiger partial charge in [-0.2, -0.15) is 0 Å². The number of hydrogen-bond acceptors (Lipinski definition) is 3. The molecule has 0 bridgehead atoms. The van der Waals surface area contributed by atoms with E-state index in [-0.39, 0.29) is 5.91 Å². The number of amides is 1. The Morgan fingerprint density at radius 1 is 1.04 bits per heavy atom. The zero-order valence-electron chi connectivity index (χ0n) is 13.9. The molecule has 0 saturated carbocycles. The van der Waals surface area contributed by atoms with Gasteiger partial charge in [-0.15, -0.1) is 0 Å². The van der Waals surface area contributed by atoms with Gasteiger partial charge in [-0.25, -0.2) is 0 Å². The summed E-state index contributed by atoms with van der Waals surface area (Å²) in [5, 5.41) is 2.80. The molecular formula is C21H19NO3. The Morgan fingerprint density at radius 2 is 1.80 bits per heavy atom. The highest BCUT2D eigenvalue weighted by Gasteiger charge is 2.01. The molecule has 1 amide bonds. The van der Waals surface area contributed by atoms with Gasteiger partial charge < -0.3 is 14.5 Å². The topological polar surface area (TPSA) is 51.5 Å². The maximum absolute atomic E-state index is 11.9. The molecule has 4 nitrogen and oxygen atoms in total. The van der Waals surface area contributed by atoms with Gasteiger partial charge in [0.25, 0.3) is 0 Å². The highest BCUT2D eigenvalue weighted by atomic mass is 16.5. The summed E-state index contributed by atoms with van der Waals surface area (Å²) in [4.78, 5) is 11.9. The van der Waals surface area contributed by atoms with Crippen LogP contribution in [0.25, 0.3) is 6.08 Å². The van der Waals surface area contributed by atoms with Gasteiger partial charge in [0.1, 0.15) is 23.9 Å². The number of rotatable bonds is 6. The fourth-order valence-corrected chi connectivity index (χ4v) is 2.26. The van der Waals surface area contributed by atoms with Gasteiger partial charge in [0.05, 0.1) is 0 Å². The van der Waals surface area contributed by atoms with Crippen molar-refractivity contribution in [1.29, 1.82) is 0 Å². The Bertz CT molecular complexity index is 848. The summed E-state index contributed by atoms with van der Waals surface area (Å²) < 4.78 is 11.1. The lowest BCUT2D eigenvalue weighted by atomic mass is 10.2. The molecule has 0 aliphatic carbocycles. The largest absolute Gasteiger partial charge is 0.489 e. The molecule has 2 aromatic carbocycles. The first-order chi connectivity index (χ1) is 12.2. The molecule has 1 aromatic heterocycles. The number of furan rings is 1. The molecule has 1 N–H and O–H groups in total. The average Bonchev–Trinajstić information content (AvgIpc) is 3.06. The second-order valence-corrected chi connectivity index (χ2v) is 5.57. The summed E-state index contributed by atoms with van der Waals surface area (Å²) in [5.74, 6) is 2.00. The number of benzene rings is 2. The number of hydrogen-bond donors (Lipinski definition) is 1. The van der Waals surface area contributed by atoms with Crippen molar-refractivity contribution in [3.63, 3.8) is 0 Å². The van der Waals surface area contributed by atoms with E-state index in [1.807, 2.05) is 73.7 Å². The van der Waals surface area contributed by atoms with Crippen LogP contribution in [0.3, 0.4) is 0 Å². The first-order valence-electron chi connectivity index (χ1n) is 8.01. The monoisotopic (exact) mass is 333 g/mol. The fraction of sp³-hybridized carbons (Fsp3) is 0.0952. The van der Waals surface area contributed by atoms with Crippen LogP contribution in [0.5, 0.6) is 5.75 Å². The zero-order valence-corrected chi connectivity index (χ0v) is 13.9. The standard InChI is InChI=1S/C21H19NO3/c1-16-7-10-20(25-16)13-14-21(23)22-18-8-11-19(12-9-18)24-15-17-5-3-2-4-6-17/h2-14H,15H2,1H3,(H,22,23)/b14-13+. The van der Waals surface area contributed by atoms with Gasteiger partial charge >= 0.3 is 0 Å². The summed E-state index contributed by atoms with van der Waals surface area (Å²) in [6.45, 7) is 2.37. The molecule has 0 aliphatic rings. The number of carbonyl (C=O) groups excluding carboxylic acids is 1. The van der Waals surface area contributed by atoms with Crippen LogP contribution in [0.4, 0.5) is 5.69 Å². The molecule has 0 saturated heterocycles. The third kappa shape index (κ3) is 5.11. The summed E-state index contributed by atoms with van der Waals surface area (Å²) >= 11 is 0. The fourth-order valence-electron chi connectivity index (χ4n) is 2.26. The van der Waals surface area contributed by atoms with E-state index in [1.165, 1.54) is 6.08 Å². The molecule has 0 spiro atoms. The van der Waals surface area contributed by atoms with Gasteiger partial charge in [0.15, 0.2) is 0 Å². The van der Waals surface area contributed by atoms with E-state index < -0.39 is 0 Å². The minimum Gasteiger partial charge on any atom is -0.489 e. The smallest absolute Gasteiger partial charge is 0.248 e. The van der Waals surface area contributed by atoms with Crippen LogP contribution in [0, 0.1) is 6.92 Å². The molecule has 0 aliphatic heterocycles. The van der Waals surface area contributed by atoms with Crippen LogP contribution >= 0.6 is 0 Å². The Labute approximate surface area is 146 Å². The van der Waals surface area contributed by atoms with E-state index in [9.17, 15) is 4.79 Å². The van der Waals surface area contributed by atoms with Crippen LogP contribution < -0.4 is 10.1 Å². The number of ether oxygens (including phenoxy) is 1. The van der Waals surface area contributed by atoms with E-state index in [4.69, 9.17) is 9.15 Å². The lowest BCUT2D eigenvalue weighted by molar-refractivity contribution is -0.111. The third-order valence-electron chi connectivity index (χ3n) is 3.53. The minimum atomic E-state index is -0.216. The van der Waals surface area contributed by atoms with Gasteiger partial charge in [0, 0.05) is 11.8 Å². The highest BCUT2D eigenvalue weighted by Crippen LogP contribution is 2.17. The molecule has 0 atom stereocenters. The molecule has 0 unspecified atom stereocenters. The quantitative estimate of drug-likeness (QED) is 0.658. The molecule has 3 aromatic rings. The van der Waals surface area contributed by atoms with Crippen LogP contribution in [-0.4, -0.2) is 5.91 Å². The SMILES string of the molecule is Cc1ccc(/C=C/C(=O)Nc2ccc(OCc3ccccc3)cc2)o1. The Balaban J connectivity index is 1.51. The maximum Gasteiger partial charge on any atom is 0.248 e. The Kier molecular flexibility index (Phi) is 5.32. The predicted octanol–water partition coefficient (Wildman–Crippen LogP) is 4.82. The molecule has 126 valence electrons. The van der Waals surface area contributed by atoms with Crippen molar-refractivity contribution >= 4 is 17.7 Å². The molecule has 3 rings (SSSR count). The zero-order chi connectivity index (χ0) is 17.5. The van der Waals surface area contributed by atoms with Crippen molar-refractivity contribution in [2.24, 2.45) is 0 Å².